The van der Waals surface area contributed by atoms with E-state index in [1.54, 1.807) is 13.8 Å². The Hall–Kier alpha value is -1.59. The molecule has 0 aromatic heterocycles. The van der Waals surface area contributed by atoms with Crippen LogP contribution in [-0.2, 0) is 14.4 Å². The number of aliphatic carboxylic acids is 1. The number of carbonyl (C=O) groups is 3. The van der Waals surface area contributed by atoms with Crippen LogP contribution in [0.1, 0.15) is 40.5 Å². The molecule has 0 unspecified atom stereocenters. The standard InChI is InChI=1S/C13H24N2O4/c1-9(2)7-14-11(17)8-15-10(16)5-13(3,4)6-12(18)19/h9H,5-8H2,1-4H3,(H,14,17)(H,15,16)(H,18,19). The molecule has 6 nitrogen and oxygen atoms in total. The topological polar surface area (TPSA) is 95.5 Å². The summed E-state index contributed by atoms with van der Waals surface area (Å²) in [5, 5.41) is 13.9. The van der Waals surface area contributed by atoms with Crippen molar-refractivity contribution in [1.82, 2.24) is 10.6 Å². The Labute approximate surface area is 113 Å². The first-order valence-electron chi connectivity index (χ1n) is 6.37. The molecule has 6 heteroatoms. The Balaban J connectivity index is 3.98. The molecule has 0 spiro atoms. The van der Waals surface area contributed by atoms with Gasteiger partial charge in [0, 0.05) is 13.0 Å². The molecule has 19 heavy (non-hydrogen) atoms. The van der Waals surface area contributed by atoms with Crippen molar-refractivity contribution in [2.45, 2.75) is 40.5 Å². The maximum atomic E-state index is 11.6. The van der Waals surface area contributed by atoms with Crippen molar-refractivity contribution in [3.8, 4) is 0 Å². The lowest BCUT2D eigenvalue weighted by Gasteiger charge is -2.21. The van der Waals surface area contributed by atoms with Gasteiger partial charge in [0.2, 0.25) is 11.8 Å². The van der Waals surface area contributed by atoms with Gasteiger partial charge in [0.15, 0.2) is 0 Å². The van der Waals surface area contributed by atoms with Crippen molar-refractivity contribution in [2.75, 3.05) is 13.1 Å². The van der Waals surface area contributed by atoms with Crippen LogP contribution in [0.2, 0.25) is 0 Å². The predicted octanol–water partition coefficient (Wildman–Crippen LogP) is 0.766. The smallest absolute Gasteiger partial charge is 0.303 e. The van der Waals surface area contributed by atoms with E-state index in [2.05, 4.69) is 10.6 Å². The van der Waals surface area contributed by atoms with E-state index in [4.69, 9.17) is 5.11 Å². The molecule has 0 saturated heterocycles. The second-order valence-electron chi connectivity index (χ2n) is 5.89. The quantitative estimate of drug-likeness (QED) is 0.608. The van der Waals surface area contributed by atoms with E-state index >= 15 is 0 Å². The second kappa shape index (κ2) is 7.76. The lowest BCUT2D eigenvalue weighted by molar-refractivity contribution is -0.140. The Bertz CT molecular complexity index is 338. The molecule has 3 N–H and O–H groups in total. The molecule has 0 aliphatic heterocycles. The molecule has 0 aromatic carbocycles. The van der Waals surface area contributed by atoms with E-state index in [0.717, 1.165) is 0 Å². The van der Waals surface area contributed by atoms with Gasteiger partial charge in [-0.15, -0.1) is 0 Å². The number of nitrogens with one attached hydrogen (secondary N) is 2. The van der Waals surface area contributed by atoms with Gasteiger partial charge in [0.1, 0.15) is 0 Å². The minimum absolute atomic E-state index is 0.0747. The number of carbonyl (C=O) groups excluding carboxylic acids is 2. The van der Waals surface area contributed by atoms with Gasteiger partial charge >= 0.3 is 5.97 Å². The van der Waals surface area contributed by atoms with Crippen molar-refractivity contribution in [3.63, 3.8) is 0 Å². The fraction of sp³-hybridized carbons (Fsp3) is 0.769. The largest absolute Gasteiger partial charge is 0.481 e. The van der Waals surface area contributed by atoms with Crippen LogP contribution in [0, 0.1) is 11.3 Å². The molecule has 0 aliphatic carbocycles. The van der Waals surface area contributed by atoms with Gasteiger partial charge in [-0.1, -0.05) is 27.7 Å². The summed E-state index contributed by atoms with van der Waals surface area (Å²) in [6.07, 6.45) is -0.00325. The van der Waals surface area contributed by atoms with Gasteiger partial charge in [-0.3, -0.25) is 14.4 Å². The van der Waals surface area contributed by atoms with Gasteiger partial charge in [0.05, 0.1) is 13.0 Å². The first kappa shape index (κ1) is 17.4. The highest BCUT2D eigenvalue weighted by Gasteiger charge is 2.25. The summed E-state index contributed by atoms with van der Waals surface area (Å²) in [7, 11) is 0. The van der Waals surface area contributed by atoms with Gasteiger partial charge in [0.25, 0.3) is 0 Å². The zero-order chi connectivity index (χ0) is 15.1. The zero-order valence-electron chi connectivity index (χ0n) is 12.1. The molecule has 0 aliphatic rings. The first-order chi connectivity index (χ1) is 8.62. The van der Waals surface area contributed by atoms with Crippen LogP contribution < -0.4 is 10.6 Å². The van der Waals surface area contributed by atoms with Crippen LogP contribution in [0.3, 0.4) is 0 Å². The van der Waals surface area contributed by atoms with Gasteiger partial charge in [-0.2, -0.15) is 0 Å². The molecule has 2 amide bonds. The summed E-state index contributed by atoms with van der Waals surface area (Å²) in [6, 6.07) is 0. The van der Waals surface area contributed by atoms with Crippen molar-refractivity contribution in [3.05, 3.63) is 0 Å². The lowest BCUT2D eigenvalue weighted by atomic mass is 9.85. The van der Waals surface area contributed by atoms with Crippen molar-refractivity contribution in [2.24, 2.45) is 11.3 Å². The maximum Gasteiger partial charge on any atom is 0.303 e. The number of hydrogen-bond acceptors (Lipinski definition) is 3. The predicted molar refractivity (Wildman–Crippen MR) is 71.5 cm³/mol. The SMILES string of the molecule is CC(C)CNC(=O)CNC(=O)CC(C)(C)CC(=O)O. The van der Waals surface area contributed by atoms with Gasteiger partial charge in [-0.05, 0) is 11.3 Å². The van der Waals surface area contributed by atoms with Gasteiger partial charge < -0.3 is 15.7 Å². The third kappa shape index (κ3) is 10.1. The van der Waals surface area contributed by atoms with Crippen LogP contribution in [0.5, 0.6) is 0 Å². The molecule has 0 saturated carbocycles. The first-order valence-corrected chi connectivity index (χ1v) is 6.37. The molecule has 0 atom stereocenters. The molecule has 0 bridgehead atoms. The Morgan fingerprint density at radius 2 is 1.63 bits per heavy atom. The van der Waals surface area contributed by atoms with Gasteiger partial charge in [-0.25, -0.2) is 0 Å². The van der Waals surface area contributed by atoms with E-state index in [9.17, 15) is 14.4 Å². The third-order valence-corrected chi connectivity index (χ3v) is 2.42. The summed E-state index contributed by atoms with van der Waals surface area (Å²) < 4.78 is 0. The van der Waals surface area contributed by atoms with E-state index < -0.39 is 11.4 Å². The highest BCUT2D eigenvalue weighted by atomic mass is 16.4. The summed E-state index contributed by atoms with van der Waals surface area (Å²) in [4.78, 5) is 33.6. The molecule has 0 aromatic rings. The molecular formula is C13H24N2O4. The van der Waals surface area contributed by atoms with E-state index in [-0.39, 0.29) is 31.2 Å². The fourth-order valence-electron chi connectivity index (χ4n) is 1.53. The fourth-order valence-corrected chi connectivity index (χ4v) is 1.53. The molecule has 0 heterocycles. The van der Waals surface area contributed by atoms with Crippen LogP contribution in [0.15, 0.2) is 0 Å². The molecule has 0 fully saturated rings. The Morgan fingerprint density at radius 3 is 2.11 bits per heavy atom. The van der Waals surface area contributed by atoms with E-state index in [1.165, 1.54) is 0 Å². The number of amides is 2. The van der Waals surface area contributed by atoms with Crippen molar-refractivity contribution in [1.29, 1.82) is 0 Å². The van der Waals surface area contributed by atoms with Crippen LogP contribution in [0.25, 0.3) is 0 Å². The number of rotatable bonds is 8. The average molecular weight is 272 g/mol. The maximum absolute atomic E-state index is 11.6. The molecule has 0 rings (SSSR count). The second-order valence-corrected chi connectivity index (χ2v) is 5.89. The molecule has 110 valence electrons. The monoisotopic (exact) mass is 272 g/mol. The minimum Gasteiger partial charge on any atom is -0.481 e. The molecular weight excluding hydrogens is 248 g/mol. The van der Waals surface area contributed by atoms with Crippen LogP contribution >= 0.6 is 0 Å². The Morgan fingerprint density at radius 1 is 1.05 bits per heavy atom. The third-order valence-electron chi connectivity index (χ3n) is 2.42. The summed E-state index contributed by atoms with van der Waals surface area (Å²) in [5.41, 5.74) is -0.621. The average Bonchev–Trinajstić information content (AvgIpc) is 2.20. The Kier molecular flexibility index (Phi) is 7.11. The number of hydrogen-bond donors (Lipinski definition) is 3. The molecule has 0 radical (unpaired) electrons. The zero-order valence-corrected chi connectivity index (χ0v) is 12.1. The van der Waals surface area contributed by atoms with E-state index in [1.807, 2.05) is 13.8 Å². The highest BCUT2D eigenvalue weighted by Crippen LogP contribution is 2.24. The highest BCUT2D eigenvalue weighted by molar-refractivity contribution is 5.85. The lowest BCUT2D eigenvalue weighted by Crippen LogP contribution is -2.39. The van der Waals surface area contributed by atoms with Crippen molar-refractivity contribution >= 4 is 17.8 Å². The summed E-state index contributed by atoms with van der Waals surface area (Å²) in [6.45, 7) is 7.87. The van der Waals surface area contributed by atoms with Crippen LogP contribution in [-0.4, -0.2) is 36.0 Å². The number of carboxylic acids is 1. The minimum atomic E-state index is -0.938. The van der Waals surface area contributed by atoms with Crippen molar-refractivity contribution < 1.29 is 19.5 Å². The summed E-state index contributed by atoms with van der Waals surface area (Å²) in [5.74, 6) is -1.13. The van der Waals surface area contributed by atoms with E-state index in [0.29, 0.717) is 12.5 Å². The number of carboxylic acid groups (broad SMARTS) is 1. The van der Waals surface area contributed by atoms with Crippen LogP contribution in [0.4, 0.5) is 0 Å². The normalized spacial score (nSPS) is 11.2. The summed E-state index contributed by atoms with van der Waals surface area (Å²) >= 11 is 0.